The minimum atomic E-state index is -0.290. The molecule has 5 nitrogen and oxygen atoms in total. The Morgan fingerprint density at radius 3 is 2.80 bits per heavy atom. The van der Waals surface area contributed by atoms with Gasteiger partial charge in [-0.2, -0.15) is 5.10 Å². The van der Waals surface area contributed by atoms with Crippen molar-refractivity contribution in [3.05, 3.63) is 38.8 Å². The summed E-state index contributed by atoms with van der Waals surface area (Å²) in [6.07, 6.45) is 0.604. The number of amides is 1. The minimum Gasteiger partial charge on any atom is -0.355 e. The van der Waals surface area contributed by atoms with Crippen molar-refractivity contribution in [2.24, 2.45) is 0 Å². The second-order valence-electron chi connectivity index (χ2n) is 5.78. The molecule has 0 fully saturated rings. The van der Waals surface area contributed by atoms with E-state index in [1.165, 1.54) is 11.8 Å². The van der Waals surface area contributed by atoms with Crippen LogP contribution in [-0.2, 0) is 11.2 Å². The Hall–Kier alpha value is -1.02. The first-order chi connectivity index (χ1) is 11.8. The molecule has 136 valence electrons. The molecule has 0 radical (unpaired) electrons. The lowest BCUT2D eigenvalue weighted by atomic mass is 10.3. The molecule has 0 saturated carbocycles. The molecule has 1 unspecified atom stereocenters. The fourth-order valence-electron chi connectivity index (χ4n) is 2.30. The van der Waals surface area contributed by atoms with Crippen LogP contribution in [0.15, 0.2) is 23.1 Å². The topological polar surface area (TPSA) is 62.7 Å². The molecule has 25 heavy (non-hydrogen) atoms. The Labute approximate surface area is 166 Å². The summed E-state index contributed by atoms with van der Waals surface area (Å²) in [5, 5.41) is 10.8. The van der Waals surface area contributed by atoms with Crippen molar-refractivity contribution < 1.29 is 4.79 Å². The number of halogens is 2. The highest BCUT2D eigenvalue weighted by atomic mass is 35.5. The second-order valence-corrected chi connectivity index (χ2v) is 8.40. The summed E-state index contributed by atoms with van der Waals surface area (Å²) >= 11 is 18.7. The smallest absolute Gasteiger partial charge is 0.233 e. The zero-order valence-corrected chi connectivity index (χ0v) is 17.3. The molecule has 1 aromatic heterocycles. The summed E-state index contributed by atoms with van der Waals surface area (Å²) in [6.45, 7) is 6.41. The zero-order valence-electron chi connectivity index (χ0n) is 14.2. The van der Waals surface area contributed by atoms with Gasteiger partial charge in [0.05, 0.1) is 10.3 Å². The predicted octanol–water partition coefficient (Wildman–Crippen LogP) is 4.67. The van der Waals surface area contributed by atoms with Crippen LogP contribution >= 0.6 is 47.2 Å². The number of benzene rings is 1. The Bertz CT molecular complexity index is 804. The van der Waals surface area contributed by atoms with E-state index in [0.29, 0.717) is 27.8 Å². The third-order valence-corrected chi connectivity index (χ3v) is 5.63. The summed E-state index contributed by atoms with van der Waals surface area (Å²) in [5.41, 5.74) is 0. The van der Waals surface area contributed by atoms with E-state index in [0.717, 1.165) is 10.7 Å². The molecular formula is C16H20Cl2N4OS2. The van der Waals surface area contributed by atoms with Crippen molar-refractivity contribution in [1.82, 2.24) is 20.1 Å². The summed E-state index contributed by atoms with van der Waals surface area (Å²) in [7, 11) is 0. The first kappa shape index (κ1) is 20.3. The third kappa shape index (κ3) is 5.48. The predicted molar refractivity (Wildman–Crippen MR) is 106 cm³/mol. The number of H-pyrrole nitrogens is 1. The molecule has 1 amide bonds. The number of aromatic nitrogens is 3. The standard InChI is InChI=1S/C16H20Cl2N4OS2/c1-9(2)22-14(20-21-16(22)24)6-7-19-15(23)10(3)25-13-8-11(17)4-5-12(13)18/h4-5,8-10H,6-7H2,1-3H3,(H,19,23)(H,21,24). The van der Waals surface area contributed by atoms with Crippen molar-refractivity contribution in [2.45, 2.75) is 43.4 Å². The molecule has 0 saturated heterocycles. The van der Waals surface area contributed by atoms with Crippen molar-refractivity contribution in [1.29, 1.82) is 0 Å². The van der Waals surface area contributed by atoms with Crippen molar-refractivity contribution in [2.75, 3.05) is 6.54 Å². The average molecular weight is 419 g/mol. The van der Waals surface area contributed by atoms with Crippen LogP contribution in [0.2, 0.25) is 10.0 Å². The van der Waals surface area contributed by atoms with Crippen LogP contribution in [0.25, 0.3) is 0 Å². The maximum atomic E-state index is 12.3. The summed E-state index contributed by atoms with van der Waals surface area (Å²) in [6, 6.07) is 5.43. The van der Waals surface area contributed by atoms with Crippen LogP contribution < -0.4 is 5.32 Å². The molecule has 9 heteroatoms. The van der Waals surface area contributed by atoms with Crippen LogP contribution in [0, 0.1) is 4.77 Å². The summed E-state index contributed by atoms with van der Waals surface area (Å²) in [5.74, 6) is 0.768. The van der Waals surface area contributed by atoms with E-state index < -0.39 is 0 Å². The lowest BCUT2D eigenvalue weighted by Gasteiger charge is -2.14. The molecule has 0 aliphatic rings. The summed E-state index contributed by atoms with van der Waals surface area (Å²) in [4.78, 5) is 13.1. The Balaban J connectivity index is 1.90. The fraction of sp³-hybridized carbons (Fsp3) is 0.438. The number of thioether (sulfide) groups is 1. The number of aromatic amines is 1. The monoisotopic (exact) mass is 418 g/mol. The highest BCUT2D eigenvalue weighted by Crippen LogP contribution is 2.32. The molecule has 2 N–H and O–H groups in total. The van der Waals surface area contributed by atoms with Crippen LogP contribution in [0.1, 0.15) is 32.6 Å². The molecular weight excluding hydrogens is 399 g/mol. The van der Waals surface area contributed by atoms with Crippen LogP contribution in [0.4, 0.5) is 0 Å². The van der Waals surface area contributed by atoms with Crippen LogP contribution in [0.5, 0.6) is 0 Å². The fourth-order valence-corrected chi connectivity index (χ4v) is 4.10. The maximum absolute atomic E-state index is 12.3. The lowest BCUT2D eigenvalue weighted by Crippen LogP contribution is -2.33. The number of nitrogens with zero attached hydrogens (tertiary/aromatic N) is 2. The average Bonchev–Trinajstić information content (AvgIpc) is 2.91. The SMILES string of the molecule is CC(Sc1cc(Cl)ccc1Cl)C(=O)NCCc1n[nH]c(=S)n1C(C)C. The largest absolute Gasteiger partial charge is 0.355 e. The van der Waals surface area contributed by atoms with Gasteiger partial charge in [-0.15, -0.1) is 11.8 Å². The number of nitrogens with one attached hydrogen (secondary N) is 2. The first-order valence-corrected chi connectivity index (χ1v) is 9.89. The Morgan fingerprint density at radius 1 is 1.40 bits per heavy atom. The molecule has 1 heterocycles. The number of hydrogen-bond donors (Lipinski definition) is 2. The first-order valence-electron chi connectivity index (χ1n) is 7.84. The quantitative estimate of drug-likeness (QED) is 0.506. The van der Waals surface area contributed by atoms with E-state index in [4.69, 9.17) is 35.4 Å². The van der Waals surface area contributed by atoms with E-state index in [1.807, 2.05) is 25.3 Å². The molecule has 1 aromatic carbocycles. The molecule has 0 bridgehead atoms. The van der Waals surface area contributed by atoms with Crippen LogP contribution in [-0.4, -0.2) is 32.5 Å². The van der Waals surface area contributed by atoms with Crippen LogP contribution in [0.3, 0.4) is 0 Å². The Kier molecular flexibility index (Phi) is 7.37. The van der Waals surface area contributed by atoms with Gasteiger partial charge in [-0.25, -0.2) is 0 Å². The number of carbonyl (C=O) groups excluding carboxylic acids is 1. The summed E-state index contributed by atoms with van der Waals surface area (Å²) < 4.78 is 2.54. The van der Waals surface area contributed by atoms with Gasteiger partial charge in [0.2, 0.25) is 5.91 Å². The number of hydrogen-bond acceptors (Lipinski definition) is 4. The van der Waals surface area contributed by atoms with Gasteiger partial charge in [0.1, 0.15) is 5.82 Å². The van der Waals surface area contributed by atoms with E-state index in [9.17, 15) is 4.79 Å². The molecule has 1 atom stereocenters. The second kappa shape index (κ2) is 9.07. The molecule has 2 aromatic rings. The van der Waals surface area contributed by atoms with Gasteiger partial charge in [-0.3, -0.25) is 9.89 Å². The van der Waals surface area contributed by atoms with Gasteiger partial charge >= 0.3 is 0 Å². The van der Waals surface area contributed by atoms with Gasteiger partial charge in [0, 0.05) is 28.9 Å². The van der Waals surface area contributed by atoms with Crippen molar-refractivity contribution in [3.63, 3.8) is 0 Å². The zero-order chi connectivity index (χ0) is 18.6. The highest BCUT2D eigenvalue weighted by Gasteiger charge is 2.16. The van der Waals surface area contributed by atoms with E-state index in [-0.39, 0.29) is 17.2 Å². The van der Waals surface area contributed by atoms with E-state index in [1.54, 1.807) is 18.2 Å². The molecule has 2 rings (SSSR count). The Morgan fingerprint density at radius 2 is 2.12 bits per heavy atom. The molecule has 0 aliphatic heterocycles. The maximum Gasteiger partial charge on any atom is 0.233 e. The van der Waals surface area contributed by atoms with Gasteiger partial charge < -0.3 is 9.88 Å². The van der Waals surface area contributed by atoms with Crippen molar-refractivity contribution in [3.8, 4) is 0 Å². The lowest BCUT2D eigenvalue weighted by molar-refractivity contribution is -0.120. The number of rotatable bonds is 7. The minimum absolute atomic E-state index is 0.0636. The van der Waals surface area contributed by atoms with Crippen molar-refractivity contribution >= 4 is 53.1 Å². The third-order valence-electron chi connectivity index (χ3n) is 3.51. The number of carbonyl (C=O) groups is 1. The van der Waals surface area contributed by atoms with Gasteiger partial charge in [-0.05, 0) is 51.2 Å². The van der Waals surface area contributed by atoms with E-state index in [2.05, 4.69) is 15.5 Å². The molecule has 0 spiro atoms. The van der Waals surface area contributed by atoms with Gasteiger partial charge in [0.15, 0.2) is 4.77 Å². The molecule has 0 aliphatic carbocycles. The highest BCUT2D eigenvalue weighted by molar-refractivity contribution is 8.00. The van der Waals surface area contributed by atoms with Gasteiger partial charge in [-0.1, -0.05) is 23.2 Å². The normalized spacial score (nSPS) is 12.4. The van der Waals surface area contributed by atoms with Gasteiger partial charge in [0.25, 0.3) is 0 Å². The van der Waals surface area contributed by atoms with E-state index >= 15 is 0 Å².